The van der Waals surface area contributed by atoms with Crippen LogP contribution in [0, 0.1) is 5.41 Å². The van der Waals surface area contributed by atoms with Gasteiger partial charge in [0.2, 0.25) is 11.8 Å². The summed E-state index contributed by atoms with van der Waals surface area (Å²) in [7, 11) is -4.22. The Balaban J connectivity index is 1.65. The zero-order valence-electron chi connectivity index (χ0n) is 22.8. The van der Waals surface area contributed by atoms with Gasteiger partial charge in [-0.3, -0.25) is 19.3 Å². The molecule has 0 fully saturated rings. The van der Waals surface area contributed by atoms with Crippen molar-refractivity contribution in [1.82, 2.24) is 0 Å². The molecule has 1 aliphatic heterocycles. The van der Waals surface area contributed by atoms with Crippen LogP contribution in [0.15, 0.2) is 95.0 Å². The molecule has 3 aromatic rings. The molecule has 2 aliphatic rings. The minimum Gasteiger partial charge on any atom is -0.357 e. The monoisotopic (exact) mass is 557 g/mol. The summed E-state index contributed by atoms with van der Waals surface area (Å²) >= 11 is 0. The van der Waals surface area contributed by atoms with Gasteiger partial charge >= 0.3 is 0 Å². The van der Waals surface area contributed by atoms with Crippen LogP contribution in [0.4, 0.5) is 17.1 Å². The molecule has 40 heavy (non-hydrogen) atoms. The summed E-state index contributed by atoms with van der Waals surface area (Å²) in [5, 5.41) is 3.44. The summed E-state index contributed by atoms with van der Waals surface area (Å²) < 4.78 is 27.9. The first kappa shape index (κ1) is 27.3. The number of sulfonamides is 1. The summed E-state index contributed by atoms with van der Waals surface area (Å²) in [6.07, 6.45) is 0.935. The fourth-order valence-corrected chi connectivity index (χ4v) is 7.06. The first-order chi connectivity index (χ1) is 18.9. The maximum atomic E-state index is 13.7. The van der Waals surface area contributed by atoms with Gasteiger partial charge in [-0.15, -0.1) is 0 Å². The van der Waals surface area contributed by atoms with E-state index in [-0.39, 0.29) is 27.7 Å². The predicted molar refractivity (Wildman–Crippen MR) is 154 cm³/mol. The van der Waals surface area contributed by atoms with Gasteiger partial charge in [-0.05, 0) is 53.8 Å². The molecule has 2 amide bonds. The SMILES string of the molecule is CC(=O)N1c2ccccc2NC2=C(C(=O)CC(C)(C)C2)C1c1ccc(S(=O)(=O)N(C(C)=O)c2ccccc2)cc1. The van der Waals surface area contributed by atoms with Crippen molar-refractivity contribution in [1.29, 1.82) is 0 Å². The number of amides is 2. The highest BCUT2D eigenvalue weighted by atomic mass is 32.2. The van der Waals surface area contributed by atoms with Gasteiger partial charge in [-0.25, -0.2) is 12.7 Å². The van der Waals surface area contributed by atoms with Crippen LogP contribution >= 0.6 is 0 Å². The van der Waals surface area contributed by atoms with E-state index in [4.69, 9.17) is 0 Å². The molecule has 5 rings (SSSR count). The van der Waals surface area contributed by atoms with Crippen LogP contribution in [0.1, 0.15) is 52.1 Å². The minimum absolute atomic E-state index is 0.0636. The Labute approximate surface area is 234 Å². The second-order valence-electron chi connectivity index (χ2n) is 11.0. The van der Waals surface area contributed by atoms with Crippen molar-refractivity contribution < 1.29 is 22.8 Å². The second kappa shape index (κ2) is 10.1. The predicted octanol–water partition coefficient (Wildman–Crippen LogP) is 5.59. The molecular formula is C31H31N3O5S. The van der Waals surface area contributed by atoms with E-state index in [1.54, 1.807) is 47.4 Å². The highest BCUT2D eigenvalue weighted by molar-refractivity contribution is 7.93. The molecule has 1 unspecified atom stereocenters. The topological polar surface area (TPSA) is 104 Å². The number of allylic oxidation sites excluding steroid dienone is 1. The minimum atomic E-state index is -4.22. The fraction of sp³-hybridized carbons (Fsp3) is 0.258. The summed E-state index contributed by atoms with van der Waals surface area (Å²) in [6, 6.07) is 20.9. The van der Waals surface area contributed by atoms with E-state index >= 15 is 0 Å². The van der Waals surface area contributed by atoms with Crippen molar-refractivity contribution in [2.24, 2.45) is 5.41 Å². The van der Waals surface area contributed by atoms with Crippen LogP contribution in [0.2, 0.25) is 0 Å². The number of nitrogens with zero attached hydrogens (tertiary/aromatic N) is 2. The third-order valence-corrected chi connectivity index (χ3v) is 9.07. The van der Waals surface area contributed by atoms with Gasteiger partial charge in [0.05, 0.1) is 28.0 Å². The highest BCUT2D eigenvalue weighted by Gasteiger charge is 2.42. The van der Waals surface area contributed by atoms with E-state index in [0.29, 0.717) is 29.7 Å². The lowest BCUT2D eigenvalue weighted by Crippen LogP contribution is -2.38. The van der Waals surface area contributed by atoms with Crippen molar-refractivity contribution >= 4 is 44.7 Å². The van der Waals surface area contributed by atoms with Crippen molar-refractivity contribution in [3.05, 3.63) is 95.7 Å². The van der Waals surface area contributed by atoms with Crippen LogP contribution in [-0.4, -0.2) is 26.0 Å². The number of ketones is 1. The zero-order valence-corrected chi connectivity index (χ0v) is 23.7. The third kappa shape index (κ3) is 4.81. The molecule has 8 nitrogen and oxygen atoms in total. The first-order valence-corrected chi connectivity index (χ1v) is 14.5. The van der Waals surface area contributed by atoms with E-state index in [1.165, 1.54) is 26.0 Å². The van der Waals surface area contributed by atoms with Crippen molar-refractivity contribution in [2.75, 3.05) is 14.5 Å². The maximum absolute atomic E-state index is 13.7. The Kier molecular flexibility index (Phi) is 6.87. The number of nitrogens with one attached hydrogen (secondary N) is 1. The summed E-state index contributed by atoms with van der Waals surface area (Å²) in [5.41, 5.74) is 3.16. The lowest BCUT2D eigenvalue weighted by atomic mass is 9.73. The zero-order chi connectivity index (χ0) is 28.8. The van der Waals surface area contributed by atoms with Crippen LogP contribution < -0.4 is 14.5 Å². The summed E-state index contributed by atoms with van der Waals surface area (Å²) in [6.45, 7) is 6.73. The van der Waals surface area contributed by atoms with Gasteiger partial charge in [0.25, 0.3) is 10.0 Å². The van der Waals surface area contributed by atoms with Gasteiger partial charge in [0.15, 0.2) is 5.78 Å². The average molecular weight is 558 g/mol. The van der Waals surface area contributed by atoms with Gasteiger partial charge in [-0.1, -0.05) is 56.3 Å². The van der Waals surface area contributed by atoms with Gasteiger partial charge in [-0.2, -0.15) is 0 Å². The molecule has 3 aromatic carbocycles. The lowest BCUT2D eigenvalue weighted by Gasteiger charge is -2.36. The molecule has 0 aromatic heterocycles. The number of hydrogen-bond donors (Lipinski definition) is 1. The fourth-order valence-electron chi connectivity index (χ4n) is 5.63. The number of anilines is 3. The van der Waals surface area contributed by atoms with E-state index in [9.17, 15) is 22.8 Å². The molecule has 0 spiro atoms. The van der Waals surface area contributed by atoms with Gasteiger partial charge in [0, 0.05) is 31.5 Å². The number of Topliss-reactive ketones (excluding diaryl/α,β-unsaturated/α-hetero) is 1. The van der Waals surface area contributed by atoms with Gasteiger partial charge < -0.3 is 5.32 Å². The molecule has 9 heteroatoms. The van der Waals surface area contributed by atoms with Crippen LogP contribution in [0.5, 0.6) is 0 Å². The Morgan fingerprint density at radius 1 is 0.900 bits per heavy atom. The Hall–Kier alpha value is -4.24. The molecule has 0 saturated heterocycles. The molecule has 206 valence electrons. The largest absolute Gasteiger partial charge is 0.357 e. The summed E-state index contributed by atoms with van der Waals surface area (Å²) in [5.74, 6) is -0.963. The van der Waals surface area contributed by atoms with E-state index in [0.717, 1.165) is 15.7 Å². The highest BCUT2D eigenvalue weighted by Crippen LogP contribution is 2.48. The first-order valence-electron chi connectivity index (χ1n) is 13.0. The Bertz CT molecular complexity index is 1640. The van der Waals surface area contributed by atoms with E-state index in [2.05, 4.69) is 5.32 Å². The van der Waals surface area contributed by atoms with Crippen LogP contribution in [0.3, 0.4) is 0 Å². The lowest BCUT2D eigenvalue weighted by molar-refractivity contribution is -0.119. The molecule has 1 heterocycles. The Morgan fingerprint density at radius 2 is 1.52 bits per heavy atom. The maximum Gasteiger partial charge on any atom is 0.270 e. The molecule has 1 aliphatic carbocycles. The van der Waals surface area contributed by atoms with Crippen LogP contribution in [0.25, 0.3) is 0 Å². The number of fused-ring (bicyclic) bond motifs is 1. The van der Waals surface area contributed by atoms with E-state index in [1.807, 2.05) is 38.1 Å². The number of para-hydroxylation sites is 3. The van der Waals surface area contributed by atoms with Gasteiger partial charge in [0.1, 0.15) is 0 Å². The number of hydrogen-bond acceptors (Lipinski definition) is 6. The number of carbonyl (C=O) groups excluding carboxylic acids is 3. The summed E-state index contributed by atoms with van der Waals surface area (Å²) in [4.78, 5) is 40.8. The third-order valence-electron chi connectivity index (χ3n) is 7.25. The molecule has 0 bridgehead atoms. The number of rotatable bonds is 4. The van der Waals surface area contributed by atoms with E-state index < -0.39 is 22.0 Å². The molecular weight excluding hydrogens is 526 g/mol. The molecule has 1 N–H and O–H groups in total. The molecule has 1 atom stereocenters. The van der Waals surface area contributed by atoms with Crippen molar-refractivity contribution in [3.8, 4) is 0 Å². The molecule has 0 saturated carbocycles. The number of benzene rings is 3. The average Bonchev–Trinajstić information content (AvgIpc) is 3.02. The molecule has 0 radical (unpaired) electrons. The smallest absolute Gasteiger partial charge is 0.270 e. The van der Waals surface area contributed by atoms with Crippen molar-refractivity contribution in [2.45, 2.75) is 51.5 Å². The second-order valence-corrected chi connectivity index (χ2v) is 12.7. The van der Waals surface area contributed by atoms with Crippen LogP contribution in [-0.2, 0) is 24.4 Å². The standard InChI is InChI=1S/C31H31N3O5S/c1-20(35)33-27-13-9-8-12-25(27)32-26-18-31(3,4)19-28(37)29(26)30(33)22-14-16-24(17-15-22)40(38,39)34(21(2)36)23-10-6-5-7-11-23/h5-17,30,32H,18-19H2,1-4H3. The normalized spacial score (nSPS) is 18.2. The Morgan fingerprint density at radius 3 is 2.15 bits per heavy atom. The quantitative estimate of drug-likeness (QED) is 0.449. The van der Waals surface area contributed by atoms with Crippen molar-refractivity contribution in [3.63, 3.8) is 0 Å². The number of carbonyl (C=O) groups is 3.